The van der Waals surface area contributed by atoms with Gasteiger partial charge >= 0.3 is 23.9 Å². The third-order valence-corrected chi connectivity index (χ3v) is 8.01. The monoisotopic (exact) mass is 700 g/mol. The van der Waals surface area contributed by atoms with Gasteiger partial charge in [-0.2, -0.15) is 0 Å². The fraction of sp³-hybridized carbons (Fsp3) is 0.209. The number of rotatable bonds is 18. The highest BCUT2D eigenvalue weighted by molar-refractivity contribution is 5.91. The van der Waals surface area contributed by atoms with Crippen LogP contribution in [-0.2, 0) is 30.3 Å². The molecule has 5 aromatic carbocycles. The van der Waals surface area contributed by atoms with E-state index in [0.717, 1.165) is 5.56 Å². The molecule has 0 bridgehead atoms. The van der Waals surface area contributed by atoms with E-state index < -0.39 is 42.2 Å². The lowest BCUT2D eigenvalue weighted by Gasteiger charge is -2.27. The van der Waals surface area contributed by atoms with Crippen LogP contribution in [-0.4, -0.2) is 55.4 Å². The summed E-state index contributed by atoms with van der Waals surface area (Å²) in [5, 5.41) is 0. The van der Waals surface area contributed by atoms with Crippen LogP contribution in [0.3, 0.4) is 0 Å². The molecule has 5 aromatic rings. The Morgan fingerprint density at radius 1 is 0.423 bits per heavy atom. The molecule has 9 heteroatoms. The summed E-state index contributed by atoms with van der Waals surface area (Å²) in [6.07, 6.45) is -2.49. The van der Waals surface area contributed by atoms with Gasteiger partial charge in [0.15, 0.2) is 0 Å². The standard InChI is InChI=1S/C43H40O9/c44-40(33-18-8-2-9-19-33)49-31-39(52-43(47)36-24-14-5-15-25-36)29-38(51-42(46)35-22-12-4-13-23-35)28-37(50-41(45)34-20-10-3-11-21-34)26-27-48-30-32-16-6-1-7-17-32/h1-25,37-39H,26-31H2/t37-,38+,39+/m1/s1. The predicted octanol–water partition coefficient (Wildman–Crippen LogP) is 7.91. The normalized spacial score (nSPS) is 12.5. The van der Waals surface area contributed by atoms with Crippen molar-refractivity contribution in [2.45, 2.75) is 44.2 Å². The van der Waals surface area contributed by atoms with E-state index in [4.69, 9.17) is 23.7 Å². The van der Waals surface area contributed by atoms with E-state index in [-0.39, 0.29) is 32.5 Å². The third kappa shape index (κ3) is 12.1. The second-order valence-corrected chi connectivity index (χ2v) is 11.9. The summed E-state index contributed by atoms with van der Waals surface area (Å²) in [4.78, 5) is 52.9. The van der Waals surface area contributed by atoms with Gasteiger partial charge in [-0.1, -0.05) is 103 Å². The summed E-state index contributed by atoms with van der Waals surface area (Å²) >= 11 is 0. The molecule has 0 saturated carbocycles. The van der Waals surface area contributed by atoms with E-state index in [9.17, 15) is 19.2 Å². The van der Waals surface area contributed by atoms with Crippen molar-refractivity contribution in [1.29, 1.82) is 0 Å². The molecular weight excluding hydrogens is 660 g/mol. The molecule has 0 amide bonds. The summed E-state index contributed by atoms with van der Waals surface area (Å²) in [7, 11) is 0. The zero-order valence-electron chi connectivity index (χ0n) is 28.6. The second-order valence-electron chi connectivity index (χ2n) is 11.9. The Bertz CT molecular complexity index is 1830. The second kappa shape index (κ2) is 20.0. The summed E-state index contributed by atoms with van der Waals surface area (Å²) in [5.41, 5.74) is 2.28. The Hall–Kier alpha value is -6.06. The molecular formula is C43H40O9. The first-order valence-electron chi connectivity index (χ1n) is 17.1. The van der Waals surface area contributed by atoms with Crippen LogP contribution < -0.4 is 0 Å². The topological polar surface area (TPSA) is 114 Å². The van der Waals surface area contributed by atoms with Crippen molar-refractivity contribution in [1.82, 2.24) is 0 Å². The maximum atomic E-state index is 13.4. The first kappa shape index (κ1) is 37.2. The largest absolute Gasteiger partial charge is 0.459 e. The first-order chi connectivity index (χ1) is 25.4. The molecule has 0 N–H and O–H groups in total. The fourth-order valence-electron chi connectivity index (χ4n) is 5.34. The summed E-state index contributed by atoms with van der Waals surface area (Å²) < 4.78 is 29.4. The Morgan fingerprint density at radius 3 is 1.25 bits per heavy atom. The van der Waals surface area contributed by atoms with Crippen molar-refractivity contribution < 1.29 is 42.9 Å². The molecule has 0 radical (unpaired) electrons. The first-order valence-corrected chi connectivity index (χ1v) is 17.1. The van der Waals surface area contributed by atoms with Gasteiger partial charge in [-0.3, -0.25) is 0 Å². The van der Waals surface area contributed by atoms with E-state index in [1.807, 2.05) is 30.3 Å². The lowest BCUT2D eigenvalue weighted by molar-refractivity contribution is -0.0377. The molecule has 5 rings (SSSR count). The molecule has 0 saturated heterocycles. The molecule has 52 heavy (non-hydrogen) atoms. The highest BCUT2D eigenvalue weighted by atomic mass is 16.6. The average Bonchev–Trinajstić information content (AvgIpc) is 3.20. The summed E-state index contributed by atoms with van der Waals surface area (Å²) in [6.45, 7) is 0.277. The third-order valence-electron chi connectivity index (χ3n) is 8.01. The van der Waals surface area contributed by atoms with Crippen LogP contribution in [0.15, 0.2) is 152 Å². The summed E-state index contributed by atoms with van der Waals surface area (Å²) in [5.74, 6) is -2.42. The molecule has 0 aliphatic rings. The van der Waals surface area contributed by atoms with Crippen molar-refractivity contribution in [3.8, 4) is 0 Å². The van der Waals surface area contributed by atoms with E-state index in [1.165, 1.54) is 0 Å². The molecule has 0 aliphatic heterocycles. The SMILES string of the molecule is O=C(OC[C@H](C[C@H](C[C@@H](CCOCc1ccccc1)OC(=O)c1ccccc1)OC(=O)c1ccccc1)OC(=O)c1ccccc1)c1ccccc1. The number of hydrogen-bond acceptors (Lipinski definition) is 9. The van der Waals surface area contributed by atoms with Gasteiger partial charge in [0.25, 0.3) is 0 Å². The molecule has 0 heterocycles. The van der Waals surface area contributed by atoms with Gasteiger partial charge in [0.05, 0.1) is 35.5 Å². The number of esters is 4. The van der Waals surface area contributed by atoms with Crippen LogP contribution in [0.5, 0.6) is 0 Å². The molecule has 0 aromatic heterocycles. The van der Waals surface area contributed by atoms with Gasteiger partial charge in [0, 0.05) is 19.3 Å². The number of ether oxygens (including phenoxy) is 5. The summed E-state index contributed by atoms with van der Waals surface area (Å²) in [6, 6.07) is 43.5. The molecule has 0 fully saturated rings. The zero-order valence-corrected chi connectivity index (χ0v) is 28.6. The van der Waals surface area contributed by atoms with Crippen LogP contribution in [0.1, 0.15) is 66.3 Å². The highest BCUT2D eigenvalue weighted by Crippen LogP contribution is 2.22. The highest BCUT2D eigenvalue weighted by Gasteiger charge is 2.30. The Kier molecular flexibility index (Phi) is 14.3. The van der Waals surface area contributed by atoms with Crippen molar-refractivity contribution in [2.75, 3.05) is 13.2 Å². The van der Waals surface area contributed by atoms with Gasteiger partial charge in [0.1, 0.15) is 24.9 Å². The van der Waals surface area contributed by atoms with Crippen molar-refractivity contribution in [2.24, 2.45) is 0 Å². The fourth-order valence-corrected chi connectivity index (χ4v) is 5.34. The van der Waals surface area contributed by atoms with Crippen molar-refractivity contribution in [3.63, 3.8) is 0 Å². The van der Waals surface area contributed by atoms with Crippen molar-refractivity contribution in [3.05, 3.63) is 179 Å². The Morgan fingerprint density at radius 2 is 0.788 bits per heavy atom. The van der Waals surface area contributed by atoms with Gasteiger partial charge in [-0.25, -0.2) is 19.2 Å². The quantitative estimate of drug-likeness (QED) is 0.0511. The van der Waals surface area contributed by atoms with Crippen LogP contribution in [0.25, 0.3) is 0 Å². The predicted molar refractivity (Wildman–Crippen MR) is 194 cm³/mol. The van der Waals surface area contributed by atoms with Crippen LogP contribution >= 0.6 is 0 Å². The average molecular weight is 701 g/mol. The molecule has 0 aliphatic carbocycles. The van der Waals surface area contributed by atoms with Crippen LogP contribution in [0.4, 0.5) is 0 Å². The zero-order chi connectivity index (χ0) is 36.4. The van der Waals surface area contributed by atoms with E-state index in [2.05, 4.69) is 0 Å². The molecule has 266 valence electrons. The number of hydrogen-bond donors (Lipinski definition) is 0. The Labute approximate surface area is 303 Å². The number of benzene rings is 5. The minimum atomic E-state index is -1.03. The molecule has 0 spiro atoms. The minimum Gasteiger partial charge on any atom is -0.459 e. The van der Waals surface area contributed by atoms with Crippen molar-refractivity contribution >= 4 is 23.9 Å². The minimum absolute atomic E-state index is 0.0395. The molecule has 3 atom stereocenters. The molecule has 0 unspecified atom stereocenters. The lowest BCUT2D eigenvalue weighted by atomic mass is 10.0. The van der Waals surface area contributed by atoms with Crippen LogP contribution in [0, 0.1) is 0 Å². The van der Waals surface area contributed by atoms with E-state index in [0.29, 0.717) is 28.9 Å². The van der Waals surface area contributed by atoms with E-state index >= 15 is 0 Å². The van der Waals surface area contributed by atoms with Gasteiger partial charge in [-0.15, -0.1) is 0 Å². The van der Waals surface area contributed by atoms with Crippen LogP contribution in [0.2, 0.25) is 0 Å². The molecule has 9 nitrogen and oxygen atoms in total. The van der Waals surface area contributed by atoms with E-state index in [1.54, 1.807) is 121 Å². The van der Waals surface area contributed by atoms with Gasteiger partial charge in [-0.05, 0) is 54.1 Å². The van der Waals surface area contributed by atoms with Gasteiger partial charge in [0.2, 0.25) is 0 Å². The lowest BCUT2D eigenvalue weighted by Crippen LogP contribution is -2.35. The smallest absolute Gasteiger partial charge is 0.338 e. The Balaban J connectivity index is 1.37. The number of carbonyl (C=O) groups excluding carboxylic acids is 4. The van der Waals surface area contributed by atoms with Gasteiger partial charge < -0.3 is 23.7 Å². The maximum absolute atomic E-state index is 13.4. The maximum Gasteiger partial charge on any atom is 0.338 e. The number of carbonyl (C=O) groups is 4.